The van der Waals surface area contributed by atoms with E-state index in [0.29, 0.717) is 36.6 Å². The number of thiophene rings is 1. The summed E-state index contributed by atoms with van der Waals surface area (Å²) >= 11 is 1.27. The highest BCUT2D eigenvalue weighted by atomic mass is 32.1. The molecule has 1 aromatic rings. The minimum Gasteiger partial charge on any atom is -0.355 e. The Morgan fingerprint density at radius 3 is 2.86 bits per heavy atom. The van der Waals surface area contributed by atoms with Crippen LogP contribution in [0.4, 0.5) is 0 Å². The van der Waals surface area contributed by atoms with Crippen molar-refractivity contribution in [3.8, 4) is 0 Å². The van der Waals surface area contributed by atoms with Crippen LogP contribution in [0.1, 0.15) is 39.8 Å². The van der Waals surface area contributed by atoms with Gasteiger partial charge in [-0.2, -0.15) is 0 Å². The fraction of sp³-hybridized carbons (Fsp3) is 0.533. The highest BCUT2D eigenvalue weighted by molar-refractivity contribution is 7.12. The number of piperidine rings is 1. The van der Waals surface area contributed by atoms with Gasteiger partial charge in [-0.05, 0) is 25.8 Å². The molecule has 2 amide bonds. The van der Waals surface area contributed by atoms with Crippen LogP contribution in [-0.2, 0) is 4.79 Å². The molecule has 0 radical (unpaired) electrons. The van der Waals surface area contributed by atoms with Crippen molar-refractivity contribution in [2.75, 3.05) is 26.2 Å². The molecular formula is C15H21N3O3S. The lowest BCUT2D eigenvalue weighted by atomic mass is 9.97. The van der Waals surface area contributed by atoms with Gasteiger partial charge in [-0.3, -0.25) is 14.4 Å². The molecule has 0 spiro atoms. The molecule has 0 aromatic carbocycles. The van der Waals surface area contributed by atoms with Crippen LogP contribution in [-0.4, -0.2) is 48.7 Å². The van der Waals surface area contributed by atoms with E-state index in [0.717, 1.165) is 12.8 Å². The Kier molecular flexibility index (Phi) is 5.68. The Balaban J connectivity index is 2.00. The van der Waals surface area contributed by atoms with Crippen LogP contribution >= 0.6 is 11.3 Å². The zero-order valence-electron chi connectivity index (χ0n) is 12.6. The molecule has 120 valence electrons. The van der Waals surface area contributed by atoms with Crippen molar-refractivity contribution in [3.63, 3.8) is 0 Å². The lowest BCUT2D eigenvalue weighted by molar-refractivity contribution is -0.126. The highest BCUT2D eigenvalue weighted by Crippen LogP contribution is 2.22. The number of hydrogen-bond donors (Lipinski definition) is 2. The average Bonchev–Trinajstić information content (AvgIpc) is 3.02. The summed E-state index contributed by atoms with van der Waals surface area (Å²) in [5.74, 6) is -0.378. The van der Waals surface area contributed by atoms with Gasteiger partial charge in [-0.15, -0.1) is 11.3 Å². The summed E-state index contributed by atoms with van der Waals surface area (Å²) < 4.78 is 0. The van der Waals surface area contributed by atoms with E-state index >= 15 is 0 Å². The largest absolute Gasteiger partial charge is 0.355 e. The molecular weight excluding hydrogens is 302 g/mol. The number of rotatable bonds is 5. The molecule has 0 bridgehead atoms. The Morgan fingerprint density at radius 2 is 2.23 bits per heavy atom. The third kappa shape index (κ3) is 3.92. The molecule has 1 aliphatic heterocycles. The number of Topliss-reactive ketones (excluding diaryl/α,β-unsaturated/α-hetero) is 1. The first-order chi connectivity index (χ1) is 10.5. The third-order valence-corrected chi connectivity index (χ3v) is 4.66. The summed E-state index contributed by atoms with van der Waals surface area (Å²) in [6.45, 7) is 3.41. The zero-order chi connectivity index (χ0) is 16.1. The van der Waals surface area contributed by atoms with E-state index in [2.05, 4.69) is 5.32 Å². The molecule has 3 N–H and O–H groups in total. The van der Waals surface area contributed by atoms with Gasteiger partial charge in [0, 0.05) is 37.1 Å². The first-order valence-electron chi connectivity index (χ1n) is 7.39. The van der Waals surface area contributed by atoms with Crippen LogP contribution in [0.2, 0.25) is 0 Å². The van der Waals surface area contributed by atoms with Crippen molar-refractivity contribution in [2.45, 2.75) is 19.8 Å². The van der Waals surface area contributed by atoms with Crippen molar-refractivity contribution < 1.29 is 14.4 Å². The van der Waals surface area contributed by atoms with Gasteiger partial charge >= 0.3 is 0 Å². The van der Waals surface area contributed by atoms with Crippen molar-refractivity contribution in [1.29, 1.82) is 0 Å². The maximum Gasteiger partial charge on any atom is 0.263 e. The van der Waals surface area contributed by atoms with Crippen LogP contribution in [0.3, 0.4) is 0 Å². The second kappa shape index (κ2) is 7.51. The number of nitrogens with one attached hydrogen (secondary N) is 1. The predicted octanol–water partition coefficient (Wildman–Crippen LogP) is 0.878. The van der Waals surface area contributed by atoms with Crippen LogP contribution < -0.4 is 11.1 Å². The molecule has 1 fully saturated rings. The number of nitrogens with two attached hydrogens (primary N) is 1. The van der Waals surface area contributed by atoms with Crippen LogP contribution in [0.15, 0.2) is 11.4 Å². The lowest BCUT2D eigenvalue weighted by Gasteiger charge is -2.31. The average molecular weight is 323 g/mol. The minimum absolute atomic E-state index is 0.0430. The summed E-state index contributed by atoms with van der Waals surface area (Å²) in [4.78, 5) is 38.1. The number of carbonyl (C=O) groups excluding carboxylic acids is 3. The summed E-state index contributed by atoms with van der Waals surface area (Å²) in [7, 11) is 0. The lowest BCUT2D eigenvalue weighted by Crippen LogP contribution is -2.46. The van der Waals surface area contributed by atoms with Gasteiger partial charge in [0.25, 0.3) is 5.91 Å². The molecule has 1 saturated heterocycles. The molecule has 1 aromatic heterocycles. The fourth-order valence-electron chi connectivity index (χ4n) is 2.50. The second-order valence-electron chi connectivity index (χ2n) is 5.43. The third-order valence-electron chi connectivity index (χ3n) is 3.74. The van der Waals surface area contributed by atoms with Gasteiger partial charge in [-0.25, -0.2) is 0 Å². The van der Waals surface area contributed by atoms with E-state index in [1.807, 2.05) is 0 Å². The van der Waals surface area contributed by atoms with E-state index in [1.165, 1.54) is 18.3 Å². The Labute approximate surface area is 133 Å². The highest BCUT2D eigenvalue weighted by Gasteiger charge is 2.29. The monoisotopic (exact) mass is 323 g/mol. The van der Waals surface area contributed by atoms with E-state index < -0.39 is 0 Å². The van der Waals surface area contributed by atoms with Crippen molar-refractivity contribution in [3.05, 3.63) is 21.9 Å². The van der Waals surface area contributed by atoms with E-state index in [4.69, 9.17) is 5.73 Å². The van der Waals surface area contributed by atoms with E-state index in [-0.39, 0.29) is 23.5 Å². The van der Waals surface area contributed by atoms with Crippen LogP contribution in [0, 0.1) is 5.92 Å². The molecule has 0 saturated carbocycles. The predicted molar refractivity (Wildman–Crippen MR) is 85.0 cm³/mol. The minimum atomic E-state index is -0.184. The van der Waals surface area contributed by atoms with Crippen LogP contribution in [0.5, 0.6) is 0 Å². The molecule has 1 atom stereocenters. The first-order valence-corrected chi connectivity index (χ1v) is 8.27. The van der Waals surface area contributed by atoms with Gasteiger partial charge in [0.05, 0.1) is 10.8 Å². The smallest absolute Gasteiger partial charge is 0.263 e. The molecule has 2 heterocycles. The maximum atomic E-state index is 12.5. The Morgan fingerprint density at radius 1 is 1.45 bits per heavy atom. The SMILES string of the molecule is CC(=O)c1csc(C(=O)N2CCCC(C(=O)NCCN)C2)c1. The molecule has 1 aliphatic rings. The van der Waals surface area contributed by atoms with Gasteiger partial charge in [-0.1, -0.05) is 0 Å². The number of ketones is 1. The standard InChI is InChI=1S/C15H21N3O3S/c1-10(19)12-7-13(22-9-12)15(21)18-6-2-3-11(8-18)14(20)17-5-4-16/h7,9,11H,2-6,8,16H2,1H3,(H,17,20). The maximum absolute atomic E-state index is 12.5. The summed E-state index contributed by atoms with van der Waals surface area (Å²) in [5.41, 5.74) is 5.94. The topological polar surface area (TPSA) is 92.5 Å². The summed E-state index contributed by atoms with van der Waals surface area (Å²) in [6, 6.07) is 1.63. The van der Waals surface area contributed by atoms with E-state index in [9.17, 15) is 14.4 Å². The number of hydrogen-bond acceptors (Lipinski definition) is 5. The Bertz CT molecular complexity index is 570. The molecule has 7 heteroatoms. The molecule has 1 unspecified atom stereocenters. The number of carbonyl (C=O) groups is 3. The zero-order valence-corrected chi connectivity index (χ0v) is 13.4. The number of nitrogens with zero attached hydrogens (tertiary/aromatic N) is 1. The van der Waals surface area contributed by atoms with Gasteiger partial charge in [0.2, 0.25) is 5.91 Å². The molecule has 22 heavy (non-hydrogen) atoms. The van der Waals surface area contributed by atoms with Gasteiger partial charge in [0.15, 0.2) is 5.78 Å². The summed E-state index contributed by atoms with van der Waals surface area (Å²) in [5, 5.41) is 4.48. The second-order valence-corrected chi connectivity index (χ2v) is 6.34. The van der Waals surface area contributed by atoms with Gasteiger partial charge < -0.3 is 16.0 Å². The number of likely N-dealkylation sites (tertiary alicyclic amines) is 1. The normalized spacial score (nSPS) is 18.1. The van der Waals surface area contributed by atoms with Crippen molar-refractivity contribution in [2.24, 2.45) is 11.7 Å². The van der Waals surface area contributed by atoms with Gasteiger partial charge in [0.1, 0.15) is 0 Å². The fourth-order valence-corrected chi connectivity index (χ4v) is 3.42. The molecule has 0 aliphatic carbocycles. The first kappa shape index (κ1) is 16.6. The number of amides is 2. The summed E-state index contributed by atoms with van der Waals surface area (Å²) in [6.07, 6.45) is 1.58. The Hall–Kier alpha value is -1.73. The van der Waals surface area contributed by atoms with E-state index in [1.54, 1.807) is 16.3 Å². The quantitative estimate of drug-likeness (QED) is 0.787. The molecule has 2 rings (SSSR count). The van der Waals surface area contributed by atoms with Crippen molar-refractivity contribution in [1.82, 2.24) is 10.2 Å². The van der Waals surface area contributed by atoms with Crippen LogP contribution in [0.25, 0.3) is 0 Å². The van der Waals surface area contributed by atoms with Crippen molar-refractivity contribution >= 4 is 28.9 Å². The molecule has 6 nitrogen and oxygen atoms in total.